The summed E-state index contributed by atoms with van der Waals surface area (Å²) in [6.45, 7) is 1.20. The molecule has 1 amide bonds. The van der Waals surface area contributed by atoms with Gasteiger partial charge in [-0.25, -0.2) is 4.79 Å². The lowest BCUT2D eigenvalue weighted by Gasteiger charge is -2.24. The fraction of sp³-hybridized carbons (Fsp3) is 0.273. The summed E-state index contributed by atoms with van der Waals surface area (Å²) in [6, 6.07) is 10.5. The maximum absolute atomic E-state index is 12.8. The van der Waals surface area contributed by atoms with Crippen LogP contribution in [-0.2, 0) is 13.0 Å². The zero-order valence-electron chi connectivity index (χ0n) is 16.6. The number of ether oxygens (including phenoxy) is 2. The van der Waals surface area contributed by atoms with Gasteiger partial charge in [-0.05, 0) is 43.0 Å². The van der Waals surface area contributed by atoms with E-state index in [2.05, 4.69) is 15.4 Å². The van der Waals surface area contributed by atoms with Crippen LogP contribution in [0.1, 0.15) is 32.8 Å². The lowest BCUT2D eigenvalue weighted by atomic mass is 9.94. The quantitative estimate of drug-likeness (QED) is 0.499. The Morgan fingerprint density at radius 2 is 2.00 bits per heavy atom. The Labute approximate surface area is 173 Å². The molecule has 1 aromatic carbocycles. The molecule has 0 bridgehead atoms. The highest BCUT2D eigenvalue weighted by Crippen LogP contribution is 2.28. The molecule has 1 N–H and O–H groups in total. The summed E-state index contributed by atoms with van der Waals surface area (Å²) < 4.78 is 12.6. The van der Waals surface area contributed by atoms with Gasteiger partial charge in [-0.1, -0.05) is 12.1 Å². The number of aromatic nitrogens is 3. The van der Waals surface area contributed by atoms with Crippen LogP contribution >= 0.6 is 0 Å². The normalized spacial score (nSPS) is 15.2. The summed E-state index contributed by atoms with van der Waals surface area (Å²) in [5, 5.41) is 7.28. The minimum Gasteiger partial charge on any atom is -0.493 e. The van der Waals surface area contributed by atoms with Gasteiger partial charge in [-0.3, -0.25) is 14.5 Å². The third-order valence-electron chi connectivity index (χ3n) is 5.15. The molecule has 0 saturated carbocycles. The molecule has 0 fully saturated rings. The van der Waals surface area contributed by atoms with E-state index in [0.717, 1.165) is 12.1 Å². The number of carbonyl (C=O) groups is 2. The number of amides is 1. The van der Waals surface area contributed by atoms with E-state index in [1.165, 1.54) is 13.3 Å². The molecule has 1 unspecified atom stereocenters. The molecule has 1 atom stereocenters. The van der Waals surface area contributed by atoms with Crippen molar-refractivity contribution in [2.45, 2.75) is 19.4 Å². The van der Waals surface area contributed by atoms with Crippen LogP contribution in [0, 0.1) is 5.92 Å². The number of esters is 1. The number of fused-ring (bicyclic) bond motifs is 1. The van der Waals surface area contributed by atoms with Crippen molar-refractivity contribution in [2.75, 3.05) is 13.7 Å². The Morgan fingerprint density at radius 3 is 2.77 bits per heavy atom. The largest absolute Gasteiger partial charge is 0.493 e. The van der Waals surface area contributed by atoms with Gasteiger partial charge in [0.25, 0.3) is 5.91 Å². The molecule has 8 nitrogen and oxygen atoms in total. The van der Waals surface area contributed by atoms with E-state index in [1.807, 2.05) is 10.7 Å². The van der Waals surface area contributed by atoms with Crippen molar-refractivity contribution >= 4 is 11.9 Å². The van der Waals surface area contributed by atoms with Crippen molar-refractivity contribution in [1.29, 1.82) is 0 Å². The first kappa shape index (κ1) is 19.6. The van der Waals surface area contributed by atoms with Gasteiger partial charge in [-0.15, -0.1) is 0 Å². The molecule has 3 aromatic rings. The third-order valence-corrected chi connectivity index (χ3v) is 5.15. The molecule has 3 heterocycles. The number of rotatable bonds is 6. The smallest absolute Gasteiger partial charge is 0.347 e. The number of hydrogen-bond acceptors (Lipinski definition) is 6. The zero-order valence-corrected chi connectivity index (χ0v) is 16.6. The lowest BCUT2D eigenvalue weighted by Crippen LogP contribution is -2.33. The fourth-order valence-corrected chi connectivity index (χ4v) is 3.54. The van der Waals surface area contributed by atoms with E-state index in [1.54, 1.807) is 42.7 Å². The van der Waals surface area contributed by atoms with Gasteiger partial charge in [0.05, 0.1) is 24.6 Å². The van der Waals surface area contributed by atoms with Gasteiger partial charge in [0.2, 0.25) is 0 Å². The number of benzene rings is 1. The van der Waals surface area contributed by atoms with Gasteiger partial charge < -0.3 is 14.8 Å². The van der Waals surface area contributed by atoms with Gasteiger partial charge in [-0.2, -0.15) is 5.10 Å². The van der Waals surface area contributed by atoms with Crippen molar-refractivity contribution in [3.63, 3.8) is 0 Å². The summed E-state index contributed by atoms with van der Waals surface area (Å²) in [7, 11) is 1.53. The van der Waals surface area contributed by atoms with Gasteiger partial charge >= 0.3 is 5.97 Å². The number of nitrogens with one attached hydrogen (secondary N) is 1. The summed E-state index contributed by atoms with van der Waals surface area (Å²) >= 11 is 0. The van der Waals surface area contributed by atoms with Crippen molar-refractivity contribution in [3.05, 3.63) is 71.8 Å². The first-order valence-electron chi connectivity index (χ1n) is 9.74. The molecule has 30 heavy (non-hydrogen) atoms. The Kier molecular flexibility index (Phi) is 5.74. The number of para-hydroxylation sites is 2. The number of pyridine rings is 1. The lowest BCUT2D eigenvalue weighted by molar-refractivity contribution is 0.0727. The second-order valence-electron chi connectivity index (χ2n) is 7.08. The van der Waals surface area contributed by atoms with Crippen molar-refractivity contribution < 1.29 is 19.1 Å². The van der Waals surface area contributed by atoms with Crippen molar-refractivity contribution in [1.82, 2.24) is 20.1 Å². The van der Waals surface area contributed by atoms with E-state index in [4.69, 9.17) is 9.47 Å². The van der Waals surface area contributed by atoms with Gasteiger partial charge in [0.15, 0.2) is 11.5 Å². The number of methoxy groups -OCH3 is 1. The molecular weight excluding hydrogens is 384 g/mol. The van der Waals surface area contributed by atoms with E-state index < -0.39 is 5.97 Å². The molecule has 4 rings (SSSR count). The predicted molar refractivity (Wildman–Crippen MR) is 109 cm³/mol. The van der Waals surface area contributed by atoms with Crippen LogP contribution in [0.5, 0.6) is 11.5 Å². The average Bonchev–Trinajstić information content (AvgIpc) is 3.22. The fourth-order valence-electron chi connectivity index (χ4n) is 3.54. The highest BCUT2D eigenvalue weighted by Gasteiger charge is 2.27. The predicted octanol–water partition coefficient (Wildman–Crippen LogP) is 2.50. The summed E-state index contributed by atoms with van der Waals surface area (Å²) in [5.41, 5.74) is 1.78. The molecule has 8 heteroatoms. The first-order chi connectivity index (χ1) is 14.7. The van der Waals surface area contributed by atoms with E-state index in [-0.39, 0.29) is 11.8 Å². The standard InChI is InChI=1S/C22H22N4O4/c1-29-19-6-2-3-7-20(19)30-22(28)17-14-25-26-10-8-15(11-18(17)26)12-24-21(27)16-5-4-9-23-13-16/h2-7,9,13-15H,8,10-12H2,1H3,(H,24,27). The Morgan fingerprint density at radius 1 is 1.17 bits per heavy atom. The highest BCUT2D eigenvalue weighted by molar-refractivity contribution is 5.94. The van der Waals surface area contributed by atoms with Crippen molar-refractivity contribution in [3.8, 4) is 11.5 Å². The second-order valence-corrected chi connectivity index (χ2v) is 7.08. The Balaban J connectivity index is 1.42. The summed E-state index contributed by atoms with van der Waals surface area (Å²) in [5.74, 6) is 0.426. The third kappa shape index (κ3) is 4.17. The Bertz CT molecular complexity index is 1050. The number of aryl methyl sites for hydroxylation is 1. The van der Waals surface area contributed by atoms with Crippen LogP contribution in [0.4, 0.5) is 0 Å². The summed E-state index contributed by atoms with van der Waals surface area (Å²) in [6.07, 6.45) is 6.21. The molecule has 0 saturated heterocycles. The molecule has 1 aliphatic heterocycles. The highest BCUT2D eigenvalue weighted by atomic mass is 16.6. The van der Waals surface area contributed by atoms with Crippen LogP contribution < -0.4 is 14.8 Å². The molecule has 2 aromatic heterocycles. The summed E-state index contributed by atoms with van der Waals surface area (Å²) in [4.78, 5) is 29.0. The maximum atomic E-state index is 12.8. The van der Waals surface area contributed by atoms with Crippen LogP contribution in [0.25, 0.3) is 0 Å². The Hall–Kier alpha value is -3.68. The monoisotopic (exact) mass is 406 g/mol. The minimum atomic E-state index is -0.471. The zero-order chi connectivity index (χ0) is 20.9. The van der Waals surface area contributed by atoms with Gasteiger partial charge in [0, 0.05) is 25.5 Å². The molecule has 0 spiro atoms. The van der Waals surface area contributed by atoms with Crippen LogP contribution in [0.3, 0.4) is 0 Å². The molecule has 0 aliphatic carbocycles. The molecule has 1 aliphatic rings. The van der Waals surface area contributed by atoms with Crippen LogP contribution in [0.2, 0.25) is 0 Å². The molecular formula is C22H22N4O4. The van der Waals surface area contributed by atoms with Crippen molar-refractivity contribution in [2.24, 2.45) is 5.92 Å². The van der Waals surface area contributed by atoms with E-state index in [0.29, 0.717) is 42.1 Å². The van der Waals surface area contributed by atoms with Crippen LogP contribution in [0.15, 0.2) is 55.0 Å². The number of nitrogens with zero attached hydrogens (tertiary/aromatic N) is 3. The first-order valence-corrected chi connectivity index (χ1v) is 9.74. The topological polar surface area (TPSA) is 95.3 Å². The van der Waals surface area contributed by atoms with E-state index >= 15 is 0 Å². The minimum absolute atomic E-state index is 0.155. The van der Waals surface area contributed by atoms with Gasteiger partial charge in [0.1, 0.15) is 5.56 Å². The SMILES string of the molecule is COc1ccccc1OC(=O)c1cnn2c1CC(CNC(=O)c1cccnc1)CC2. The number of carbonyl (C=O) groups excluding carboxylic acids is 2. The van der Waals surface area contributed by atoms with E-state index in [9.17, 15) is 9.59 Å². The molecule has 154 valence electrons. The second kappa shape index (κ2) is 8.77. The maximum Gasteiger partial charge on any atom is 0.347 e. The average molecular weight is 406 g/mol. The molecule has 0 radical (unpaired) electrons. The van der Waals surface area contributed by atoms with Crippen LogP contribution in [-0.4, -0.2) is 40.3 Å². The number of hydrogen-bond donors (Lipinski definition) is 1.